The topological polar surface area (TPSA) is 64.3 Å². The SMILES string of the molecule is CCCCC(CC)CN1c2ccccc2CCc2cc(/C=C/C=C(/C#N)C(=O)O)ccc21. The van der Waals surface area contributed by atoms with E-state index in [9.17, 15) is 4.79 Å². The molecule has 0 aliphatic carbocycles. The summed E-state index contributed by atoms with van der Waals surface area (Å²) in [6.07, 6.45) is 11.7. The third-order valence-corrected chi connectivity index (χ3v) is 6.23. The number of hydrogen-bond donors (Lipinski definition) is 1. The van der Waals surface area contributed by atoms with Gasteiger partial charge < -0.3 is 10.0 Å². The number of allylic oxidation sites excluding steroid dienone is 2. The maximum atomic E-state index is 11.0. The molecule has 2 aromatic rings. The summed E-state index contributed by atoms with van der Waals surface area (Å²) in [6, 6.07) is 16.9. The average Bonchev–Trinajstić information content (AvgIpc) is 2.96. The van der Waals surface area contributed by atoms with E-state index >= 15 is 0 Å². The lowest BCUT2D eigenvalue weighted by Crippen LogP contribution is -2.26. The fourth-order valence-electron chi connectivity index (χ4n) is 4.34. The van der Waals surface area contributed by atoms with E-state index in [-0.39, 0.29) is 5.57 Å². The second-order valence-corrected chi connectivity index (χ2v) is 8.40. The molecule has 0 fully saturated rings. The highest BCUT2D eigenvalue weighted by Crippen LogP contribution is 2.38. The quantitative estimate of drug-likeness (QED) is 0.275. The van der Waals surface area contributed by atoms with Gasteiger partial charge in [0.2, 0.25) is 0 Å². The largest absolute Gasteiger partial charge is 0.477 e. The van der Waals surface area contributed by atoms with Crippen LogP contribution in [0, 0.1) is 17.2 Å². The molecule has 32 heavy (non-hydrogen) atoms. The third kappa shape index (κ3) is 5.68. The summed E-state index contributed by atoms with van der Waals surface area (Å²) in [5.41, 5.74) is 6.00. The van der Waals surface area contributed by atoms with E-state index in [4.69, 9.17) is 10.4 Å². The van der Waals surface area contributed by atoms with Crippen molar-refractivity contribution in [2.45, 2.75) is 52.4 Å². The minimum absolute atomic E-state index is 0.268. The number of para-hydroxylation sites is 1. The van der Waals surface area contributed by atoms with Gasteiger partial charge in [0.1, 0.15) is 11.6 Å². The van der Waals surface area contributed by atoms with E-state index in [0.717, 1.165) is 24.9 Å². The minimum atomic E-state index is -1.21. The van der Waals surface area contributed by atoms with Crippen molar-refractivity contribution in [3.8, 4) is 6.07 Å². The number of fused-ring (bicyclic) bond motifs is 2. The third-order valence-electron chi connectivity index (χ3n) is 6.23. The molecule has 0 amide bonds. The predicted molar refractivity (Wildman–Crippen MR) is 131 cm³/mol. The highest BCUT2D eigenvalue weighted by Gasteiger charge is 2.22. The maximum Gasteiger partial charge on any atom is 0.346 e. The highest BCUT2D eigenvalue weighted by atomic mass is 16.4. The molecule has 0 spiro atoms. The van der Waals surface area contributed by atoms with Crippen LogP contribution in [0.1, 0.15) is 56.2 Å². The van der Waals surface area contributed by atoms with Crippen molar-refractivity contribution in [2.24, 2.45) is 5.92 Å². The molecule has 1 aliphatic rings. The number of rotatable bonds is 9. The van der Waals surface area contributed by atoms with Crippen LogP contribution in [0.2, 0.25) is 0 Å². The normalized spacial score (nSPS) is 14.4. The maximum absolute atomic E-state index is 11.0. The Hall–Kier alpha value is -3.32. The molecule has 1 aliphatic heterocycles. The standard InChI is InChI=1S/C28H32N2O2/c1-3-5-9-21(4-2)20-30-26-13-7-6-11-23(26)15-16-24-18-22(14-17-27(24)30)10-8-12-25(19-29)28(31)32/h6-8,10-14,17-18,21H,3-5,9,15-16,20H2,1-2H3,(H,31,32)/b10-8+,25-12-. The lowest BCUT2D eigenvalue weighted by molar-refractivity contribution is -0.132. The monoisotopic (exact) mass is 428 g/mol. The molecular weight excluding hydrogens is 396 g/mol. The fraction of sp³-hybridized carbons (Fsp3) is 0.357. The first-order chi connectivity index (χ1) is 15.6. The number of carbonyl (C=O) groups is 1. The number of aliphatic carboxylic acids is 1. The zero-order valence-electron chi connectivity index (χ0n) is 19.1. The lowest BCUT2D eigenvalue weighted by atomic mass is 9.97. The van der Waals surface area contributed by atoms with Gasteiger partial charge in [0.05, 0.1) is 0 Å². The molecule has 0 bridgehead atoms. The number of nitriles is 1. The molecule has 1 unspecified atom stereocenters. The second-order valence-electron chi connectivity index (χ2n) is 8.40. The van der Waals surface area contributed by atoms with Gasteiger partial charge in [-0.2, -0.15) is 5.26 Å². The van der Waals surface area contributed by atoms with Gasteiger partial charge in [0.25, 0.3) is 0 Å². The highest BCUT2D eigenvalue weighted by molar-refractivity contribution is 5.91. The Kier molecular flexibility index (Phi) is 8.27. The molecule has 1 N–H and O–H groups in total. The van der Waals surface area contributed by atoms with Crippen molar-refractivity contribution in [3.05, 3.63) is 76.9 Å². The van der Waals surface area contributed by atoms with Crippen molar-refractivity contribution in [1.82, 2.24) is 0 Å². The van der Waals surface area contributed by atoms with E-state index in [1.165, 1.54) is 54.3 Å². The Balaban J connectivity index is 1.94. The van der Waals surface area contributed by atoms with Crippen LogP contribution in [0.15, 0.2) is 60.2 Å². The van der Waals surface area contributed by atoms with Crippen LogP contribution in [0.25, 0.3) is 6.08 Å². The number of benzene rings is 2. The van der Waals surface area contributed by atoms with E-state index < -0.39 is 5.97 Å². The summed E-state index contributed by atoms with van der Waals surface area (Å²) in [4.78, 5) is 13.5. The van der Waals surface area contributed by atoms with E-state index in [1.807, 2.05) is 6.08 Å². The number of aryl methyl sites for hydroxylation is 2. The van der Waals surface area contributed by atoms with Crippen LogP contribution in [0.5, 0.6) is 0 Å². The first-order valence-corrected chi connectivity index (χ1v) is 11.6. The molecular formula is C28H32N2O2. The molecule has 166 valence electrons. The van der Waals surface area contributed by atoms with Gasteiger partial charge in [-0.15, -0.1) is 0 Å². The smallest absolute Gasteiger partial charge is 0.346 e. The van der Waals surface area contributed by atoms with Crippen LogP contribution in [-0.4, -0.2) is 17.6 Å². The second kappa shape index (κ2) is 11.3. The van der Waals surface area contributed by atoms with Crippen molar-refractivity contribution < 1.29 is 9.90 Å². The van der Waals surface area contributed by atoms with Crippen LogP contribution < -0.4 is 4.90 Å². The van der Waals surface area contributed by atoms with Crippen molar-refractivity contribution in [2.75, 3.05) is 11.4 Å². The van der Waals surface area contributed by atoms with Gasteiger partial charge in [-0.25, -0.2) is 4.79 Å². The molecule has 2 aromatic carbocycles. The molecule has 0 saturated heterocycles. The van der Waals surface area contributed by atoms with Crippen molar-refractivity contribution in [3.63, 3.8) is 0 Å². The predicted octanol–water partition coefficient (Wildman–Crippen LogP) is 6.69. The Morgan fingerprint density at radius 2 is 1.91 bits per heavy atom. The summed E-state index contributed by atoms with van der Waals surface area (Å²) in [5, 5.41) is 17.9. The van der Waals surface area contributed by atoms with Crippen LogP contribution in [0.3, 0.4) is 0 Å². The molecule has 1 atom stereocenters. The summed E-state index contributed by atoms with van der Waals surface area (Å²) in [5.74, 6) is -0.555. The fourth-order valence-corrected chi connectivity index (χ4v) is 4.34. The Labute approximate surface area is 191 Å². The molecule has 0 saturated carbocycles. The summed E-state index contributed by atoms with van der Waals surface area (Å²) < 4.78 is 0. The molecule has 4 nitrogen and oxygen atoms in total. The van der Waals surface area contributed by atoms with Crippen LogP contribution in [-0.2, 0) is 17.6 Å². The van der Waals surface area contributed by atoms with Gasteiger partial charge in [0.15, 0.2) is 0 Å². The molecule has 3 rings (SSSR count). The first kappa shape index (κ1) is 23.3. The number of hydrogen-bond acceptors (Lipinski definition) is 3. The van der Waals surface area contributed by atoms with E-state index in [1.54, 1.807) is 12.1 Å². The number of anilines is 2. The van der Waals surface area contributed by atoms with Gasteiger partial charge in [-0.05, 0) is 66.1 Å². The molecule has 0 aromatic heterocycles. The number of carboxylic acids is 1. The van der Waals surface area contributed by atoms with Crippen molar-refractivity contribution >= 4 is 23.4 Å². The van der Waals surface area contributed by atoms with Gasteiger partial charge in [-0.1, -0.05) is 69.5 Å². The number of carboxylic acid groups (broad SMARTS) is 1. The van der Waals surface area contributed by atoms with Gasteiger partial charge >= 0.3 is 5.97 Å². The number of unbranched alkanes of at least 4 members (excludes halogenated alkanes) is 1. The first-order valence-electron chi connectivity index (χ1n) is 11.6. The van der Waals surface area contributed by atoms with Gasteiger partial charge in [0, 0.05) is 17.9 Å². The van der Waals surface area contributed by atoms with Crippen molar-refractivity contribution in [1.29, 1.82) is 5.26 Å². The molecule has 4 heteroatoms. The average molecular weight is 429 g/mol. The summed E-state index contributed by atoms with van der Waals surface area (Å²) >= 11 is 0. The zero-order valence-corrected chi connectivity index (χ0v) is 19.1. The van der Waals surface area contributed by atoms with Crippen LogP contribution >= 0.6 is 0 Å². The molecule has 1 heterocycles. The Morgan fingerprint density at radius 3 is 2.62 bits per heavy atom. The van der Waals surface area contributed by atoms with E-state index in [0.29, 0.717) is 5.92 Å². The zero-order chi connectivity index (χ0) is 22.9. The lowest BCUT2D eigenvalue weighted by Gasteiger charge is -2.31. The summed E-state index contributed by atoms with van der Waals surface area (Å²) in [6.45, 7) is 5.56. The Morgan fingerprint density at radius 1 is 1.16 bits per heavy atom. The Bertz CT molecular complexity index is 1050. The minimum Gasteiger partial charge on any atom is -0.477 e. The van der Waals surface area contributed by atoms with Crippen LogP contribution in [0.4, 0.5) is 11.4 Å². The summed E-state index contributed by atoms with van der Waals surface area (Å²) in [7, 11) is 0. The van der Waals surface area contributed by atoms with Gasteiger partial charge in [-0.3, -0.25) is 0 Å². The molecule has 0 radical (unpaired) electrons. The van der Waals surface area contributed by atoms with E-state index in [2.05, 4.69) is 61.2 Å². The number of nitrogens with zero attached hydrogens (tertiary/aromatic N) is 2.